The predicted octanol–water partition coefficient (Wildman–Crippen LogP) is 2.73. The molecule has 1 rings (SSSR count). The SMILES string of the molecule is CC(C)(C)C(=O)NCCCNC(=O)c1cccc(Br)c1. The van der Waals surface area contributed by atoms with Crippen LogP contribution < -0.4 is 10.6 Å². The zero-order valence-corrected chi connectivity index (χ0v) is 13.7. The van der Waals surface area contributed by atoms with E-state index >= 15 is 0 Å². The van der Waals surface area contributed by atoms with Crippen LogP contribution in [0.15, 0.2) is 28.7 Å². The van der Waals surface area contributed by atoms with Crippen molar-refractivity contribution in [2.24, 2.45) is 5.41 Å². The van der Waals surface area contributed by atoms with Gasteiger partial charge >= 0.3 is 0 Å². The molecule has 5 heteroatoms. The molecule has 20 heavy (non-hydrogen) atoms. The van der Waals surface area contributed by atoms with Crippen molar-refractivity contribution in [2.45, 2.75) is 27.2 Å². The molecular formula is C15H21BrN2O2. The molecule has 0 saturated carbocycles. The van der Waals surface area contributed by atoms with Crippen molar-refractivity contribution in [1.82, 2.24) is 10.6 Å². The summed E-state index contributed by atoms with van der Waals surface area (Å²) in [4.78, 5) is 23.5. The van der Waals surface area contributed by atoms with Crippen molar-refractivity contribution in [2.75, 3.05) is 13.1 Å². The Morgan fingerprint density at radius 3 is 2.40 bits per heavy atom. The fourth-order valence-corrected chi connectivity index (χ4v) is 1.89. The second-order valence-electron chi connectivity index (χ2n) is 5.63. The van der Waals surface area contributed by atoms with E-state index in [1.54, 1.807) is 12.1 Å². The third-order valence-electron chi connectivity index (χ3n) is 2.69. The lowest BCUT2D eigenvalue weighted by Gasteiger charge is -2.17. The van der Waals surface area contributed by atoms with E-state index in [2.05, 4.69) is 26.6 Å². The Morgan fingerprint density at radius 1 is 1.15 bits per heavy atom. The quantitative estimate of drug-likeness (QED) is 0.809. The Balaban J connectivity index is 2.25. The van der Waals surface area contributed by atoms with Crippen molar-refractivity contribution in [3.8, 4) is 0 Å². The van der Waals surface area contributed by atoms with Crippen LogP contribution in [0.2, 0.25) is 0 Å². The lowest BCUT2D eigenvalue weighted by Crippen LogP contribution is -2.36. The lowest BCUT2D eigenvalue weighted by atomic mass is 9.96. The van der Waals surface area contributed by atoms with Crippen LogP contribution in [-0.4, -0.2) is 24.9 Å². The summed E-state index contributed by atoms with van der Waals surface area (Å²) < 4.78 is 0.877. The zero-order chi connectivity index (χ0) is 15.2. The van der Waals surface area contributed by atoms with Crippen LogP contribution in [0.1, 0.15) is 37.6 Å². The fourth-order valence-electron chi connectivity index (χ4n) is 1.49. The minimum atomic E-state index is -0.375. The van der Waals surface area contributed by atoms with Gasteiger partial charge in [0.15, 0.2) is 0 Å². The Kier molecular flexibility index (Phi) is 6.20. The van der Waals surface area contributed by atoms with E-state index in [-0.39, 0.29) is 17.2 Å². The van der Waals surface area contributed by atoms with Gasteiger partial charge in [0.2, 0.25) is 5.91 Å². The van der Waals surface area contributed by atoms with Gasteiger partial charge in [-0.25, -0.2) is 0 Å². The lowest BCUT2D eigenvalue weighted by molar-refractivity contribution is -0.128. The van der Waals surface area contributed by atoms with Crippen LogP contribution >= 0.6 is 15.9 Å². The third kappa shape index (κ3) is 5.74. The number of hydrogen-bond acceptors (Lipinski definition) is 2. The normalized spacial score (nSPS) is 11.0. The maximum Gasteiger partial charge on any atom is 0.251 e. The maximum absolute atomic E-state index is 11.8. The summed E-state index contributed by atoms with van der Waals surface area (Å²) in [5.41, 5.74) is 0.248. The molecule has 0 unspecified atom stereocenters. The van der Waals surface area contributed by atoms with Crippen LogP contribution in [0.5, 0.6) is 0 Å². The second-order valence-corrected chi connectivity index (χ2v) is 6.54. The van der Waals surface area contributed by atoms with Crippen molar-refractivity contribution in [3.05, 3.63) is 34.3 Å². The second kappa shape index (κ2) is 7.43. The molecule has 0 saturated heterocycles. The highest BCUT2D eigenvalue weighted by Gasteiger charge is 2.20. The molecule has 0 heterocycles. The highest BCUT2D eigenvalue weighted by molar-refractivity contribution is 9.10. The Morgan fingerprint density at radius 2 is 1.80 bits per heavy atom. The number of halogens is 1. The molecule has 2 amide bonds. The maximum atomic E-state index is 11.8. The van der Waals surface area contributed by atoms with Gasteiger partial charge in [-0.1, -0.05) is 42.8 Å². The van der Waals surface area contributed by atoms with E-state index in [1.807, 2.05) is 32.9 Å². The first-order chi connectivity index (χ1) is 9.30. The molecule has 0 bridgehead atoms. The Bertz CT molecular complexity index is 481. The molecule has 0 aliphatic heterocycles. The molecule has 0 fully saturated rings. The first-order valence-corrected chi connectivity index (χ1v) is 7.42. The Hall–Kier alpha value is -1.36. The summed E-state index contributed by atoms with van der Waals surface area (Å²) in [6, 6.07) is 7.24. The molecule has 2 N–H and O–H groups in total. The molecule has 1 aromatic carbocycles. The van der Waals surface area contributed by atoms with Gasteiger partial charge in [0.1, 0.15) is 0 Å². The predicted molar refractivity (Wildman–Crippen MR) is 83.6 cm³/mol. The number of amides is 2. The number of benzene rings is 1. The number of rotatable bonds is 5. The van der Waals surface area contributed by atoms with Gasteiger partial charge in [-0.05, 0) is 24.6 Å². The van der Waals surface area contributed by atoms with E-state index in [0.29, 0.717) is 25.1 Å². The highest BCUT2D eigenvalue weighted by Crippen LogP contribution is 2.12. The van der Waals surface area contributed by atoms with E-state index < -0.39 is 0 Å². The number of hydrogen-bond donors (Lipinski definition) is 2. The number of carbonyl (C=O) groups excluding carboxylic acids is 2. The van der Waals surface area contributed by atoms with Gasteiger partial charge in [-0.3, -0.25) is 9.59 Å². The molecule has 0 spiro atoms. The highest BCUT2D eigenvalue weighted by atomic mass is 79.9. The molecule has 1 aromatic rings. The monoisotopic (exact) mass is 340 g/mol. The van der Waals surface area contributed by atoms with Crippen molar-refractivity contribution in [3.63, 3.8) is 0 Å². The van der Waals surface area contributed by atoms with E-state index in [1.165, 1.54) is 0 Å². The smallest absolute Gasteiger partial charge is 0.251 e. The van der Waals surface area contributed by atoms with E-state index in [4.69, 9.17) is 0 Å². The average Bonchev–Trinajstić information content (AvgIpc) is 2.36. The molecule has 0 radical (unpaired) electrons. The van der Waals surface area contributed by atoms with Gasteiger partial charge in [-0.15, -0.1) is 0 Å². The molecular weight excluding hydrogens is 320 g/mol. The van der Waals surface area contributed by atoms with Crippen LogP contribution in [-0.2, 0) is 4.79 Å². The zero-order valence-electron chi connectivity index (χ0n) is 12.1. The molecule has 0 aromatic heterocycles. The Labute approximate surface area is 128 Å². The van der Waals surface area contributed by atoms with Crippen molar-refractivity contribution in [1.29, 1.82) is 0 Å². The fraction of sp³-hybridized carbons (Fsp3) is 0.467. The van der Waals surface area contributed by atoms with Gasteiger partial charge in [0.25, 0.3) is 5.91 Å². The summed E-state index contributed by atoms with van der Waals surface area (Å²) >= 11 is 3.33. The van der Waals surface area contributed by atoms with Gasteiger partial charge in [0, 0.05) is 28.5 Å². The van der Waals surface area contributed by atoms with Crippen LogP contribution in [0.4, 0.5) is 0 Å². The van der Waals surface area contributed by atoms with Gasteiger partial charge in [0.05, 0.1) is 0 Å². The molecule has 0 aliphatic rings. The standard InChI is InChI=1S/C15H21BrN2O2/c1-15(2,3)14(20)18-9-5-8-17-13(19)11-6-4-7-12(16)10-11/h4,6-7,10H,5,8-9H2,1-3H3,(H,17,19)(H,18,20). The third-order valence-corrected chi connectivity index (χ3v) is 3.19. The number of carbonyl (C=O) groups is 2. The summed E-state index contributed by atoms with van der Waals surface area (Å²) in [5, 5.41) is 5.68. The summed E-state index contributed by atoms with van der Waals surface area (Å²) in [6.07, 6.45) is 0.710. The minimum Gasteiger partial charge on any atom is -0.356 e. The summed E-state index contributed by atoms with van der Waals surface area (Å²) in [6.45, 7) is 6.72. The van der Waals surface area contributed by atoms with Crippen molar-refractivity contribution >= 4 is 27.7 Å². The molecule has 0 aliphatic carbocycles. The summed E-state index contributed by atoms with van der Waals surface area (Å²) in [7, 11) is 0. The molecule has 0 atom stereocenters. The van der Waals surface area contributed by atoms with E-state index in [0.717, 1.165) is 4.47 Å². The van der Waals surface area contributed by atoms with E-state index in [9.17, 15) is 9.59 Å². The summed E-state index contributed by atoms with van der Waals surface area (Å²) in [5.74, 6) is -0.0794. The molecule has 4 nitrogen and oxygen atoms in total. The van der Waals surface area contributed by atoms with Gasteiger partial charge in [-0.2, -0.15) is 0 Å². The topological polar surface area (TPSA) is 58.2 Å². The minimum absolute atomic E-state index is 0.0239. The first-order valence-electron chi connectivity index (χ1n) is 6.63. The largest absolute Gasteiger partial charge is 0.356 e. The van der Waals surface area contributed by atoms with Crippen LogP contribution in [0.25, 0.3) is 0 Å². The number of nitrogens with one attached hydrogen (secondary N) is 2. The van der Waals surface area contributed by atoms with Gasteiger partial charge < -0.3 is 10.6 Å². The van der Waals surface area contributed by atoms with Crippen LogP contribution in [0.3, 0.4) is 0 Å². The van der Waals surface area contributed by atoms with Crippen molar-refractivity contribution < 1.29 is 9.59 Å². The van der Waals surface area contributed by atoms with Crippen LogP contribution in [0, 0.1) is 5.41 Å². The first kappa shape index (κ1) is 16.7. The average molecular weight is 341 g/mol. The molecule has 110 valence electrons.